The smallest absolute Gasteiger partial charge is 0.283 e. The van der Waals surface area contributed by atoms with Gasteiger partial charge in [-0.3, -0.25) is 10.1 Å². The third-order valence-electron chi connectivity index (χ3n) is 1.84. The maximum absolute atomic E-state index is 10.6. The number of benzene rings is 1. The van der Waals surface area contributed by atoms with Crippen LogP contribution in [0.3, 0.4) is 0 Å². The number of nitro benzene ring substituents is 1. The minimum atomic E-state index is -0.984. The Morgan fingerprint density at radius 3 is 2.87 bits per heavy atom. The highest BCUT2D eigenvalue weighted by Crippen LogP contribution is 2.28. The summed E-state index contributed by atoms with van der Waals surface area (Å²) in [4.78, 5) is 10.0. The number of hydrogen-bond acceptors (Lipinski definition) is 4. The van der Waals surface area contributed by atoms with Crippen molar-refractivity contribution in [1.82, 2.24) is 0 Å². The molecule has 0 heterocycles. The van der Waals surface area contributed by atoms with Crippen molar-refractivity contribution in [1.29, 1.82) is 5.26 Å². The van der Waals surface area contributed by atoms with Gasteiger partial charge in [0.15, 0.2) is 0 Å². The van der Waals surface area contributed by atoms with E-state index in [1.165, 1.54) is 12.1 Å². The Bertz CT molecular complexity index is 428. The summed E-state index contributed by atoms with van der Waals surface area (Å²) in [5.41, 5.74) is 0.246. The Balaban J connectivity index is 3.08. The van der Waals surface area contributed by atoms with Crippen LogP contribution in [-0.2, 0) is 0 Å². The van der Waals surface area contributed by atoms with E-state index in [9.17, 15) is 15.2 Å². The number of nitriles is 1. The van der Waals surface area contributed by atoms with Gasteiger partial charge in [-0.25, -0.2) is 0 Å². The second-order valence-corrected chi connectivity index (χ2v) is 3.70. The summed E-state index contributed by atoms with van der Waals surface area (Å²) in [6, 6.07) is 6.07. The predicted octanol–water partition coefficient (Wildman–Crippen LogP) is 2.30. The van der Waals surface area contributed by atoms with E-state index < -0.39 is 11.0 Å². The molecular formula is C9H7BrN2O3. The van der Waals surface area contributed by atoms with Gasteiger partial charge in [0.2, 0.25) is 0 Å². The van der Waals surface area contributed by atoms with E-state index in [0.717, 1.165) is 0 Å². The number of nitrogens with zero attached hydrogens (tertiary/aromatic N) is 2. The second-order valence-electron chi connectivity index (χ2n) is 2.85. The first-order valence-corrected chi connectivity index (χ1v) is 4.84. The van der Waals surface area contributed by atoms with E-state index in [2.05, 4.69) is 15.9 Å². The third-order valence-corrected chi connectivity index (χ3v) is 2.51. The van der Waals surface area contributed by atoms with E-state index in [1.807, 2.05) is 0 Å². The van der Waals surface area contributed by atoms with Crippen molar-refractivity contribution in [2.75, 3.05) is 0 Å². The lowest BCUT2D eigenvalue weighted by molar-refractivity contribution is -0.385. The minimum Gasteiger partial charge on any atom is -0.387 e. The number of rotatable bonds is 3. The molecular weight excluding hydrogens is 264 g/mol. The highest BCUT2D eigenvalue weighted by molar-refractivity contribution is 9.10. The normalized spacial score (nSPS) is 11.8. The Hall–Kier alpha value is -1.45. The quantitative estimate of drug-likeness (QED) is 0.674. The molecule has 1 aromatic rings. The van der Waals surface area contributed by atoms with Crippen molar-refractivity contribution in [2.24, 2.45) is 0 Å². The van der Waals surface area contributed by atoms with Crippen LogP contribution in [0.25, 0.3) is 0 Å². The first-order chi connectivity index (χ1) is 7.06. The summed E-state index contributed by atoms with van der Waals surface area (Å²) in [5.74, 6) is 0. The monoisotopic (exact) mass is 270 g/mol. The Labute approximate surface area is 94.2 Å². The van der Waals surface area contributed by atoms with E-state index >= 15 is 0 Å². The minimum absolute atomic E-state index is 0.0845. The Morgan fingerprint density at radius 1 is 1.67 bits per heavy atom. The highest BCUT2D eigenvalue weighted by atomic mass is 79.9. The van der Waals surface area contributed by atoms with Gasteiger partial charge in [-0.2, -0.15) is 5.26 Å². The lowest BCUT2D eigenvalue weighted by Crippen LogP contribution is -1.98. The number of aliphatic hydroxyl groups is 1. The number of nitro groups is 1. The summed E-state index contributed by atoms with van der Waals surface area (Å²) in [7, 11) is 0. The van der Waals surface area contributed by atoms with Crippen molar-refractivity contribution >= 4 is 21.6 Å². The molecule has 0 aliphatic carbocycles. The molecule has 0 spiro atoms. The fourth-order valence-corrected chi connectivity index (χ4v) is 1.47. The molecule has 0 radical (unpaired) electrons. The van der Waals surface area contributed by atoms with Crippen molar-refractivity contribution in [3.8, 4) is 6.07 Å². The van der Waals surface area contributed by atoms with Gasteiger partial charge in [-0.15, -0.1) is 0 Å². The molecule has 0 fully saturated rings. The molecule has 1 aromatic carbocycles. The summed E-state index contributed by atoms with van der Waals surface area (Å²) in [6.07, 6.45) is -1.07. The van der Waals surface area contributed by atoms with Crippen LogP contribution in [0.1, 0.15) is 18.1 Å². The number of hydrogen-bond donors (Lipinski definition) is 1. The Kier molecular flexibility index (Phi) is 3.77. The topological polar surface area (TPSA) is 87.2 Å². The Morgan fingerprint density at radius 2 is 2.33 bits per heavy atom. The van der Waals surface area contributed by atoms with Gasteiger partial charge in [-0.05, 0) is 27.6 Å². The van der Waals surface area contributed by atoms with Crippen LogP contribution in [-0.4, -0.2) is 10.0 Å². The van der Waals surface area contributed by atoms with Crippen molar-refractivity contribution in [3.05, 3.63) is 38.3 Å². The van der Waals surface area contributed by atoms with Crippen LogP contribution >= 0.6 is 15.9 Å². The first-order valence-electron chi connectivity index (χ1n) is 4.05. The molecule has 0 amide bonds. The van der Waals surface area contributed by atoms with Crippen LogP contribution < -0.4 is 0 Å². The van der Waals surface area contributed by atoms with Crippen molar-refractivity contribution < 1.29 is 10.0 Å². The summed E-state index contributed by atoms with van der Waals surface area (Å²) in [5, 5.41) is 28.4. The fraction of sp³-hybridized carbons (Fsp3) is 0.222. The zero-order chi connectivity index (χ0) is 11.4. The first kappa shape index (κ1) is 11.6. The second kappa shape index (κ2) is 4.87. The molecule has 0 saturated carbocycles. The van der Waals surface area contributed by atoms with E-state index in [1.54, 1.807) is 12.1 Å². The SMILES string of the molecule is N#CCC(O)c1ccc(Br)c([N+](=O)[O-])c1. The van der Waals surface area contributed by atoms with E-state index in [0.29, 0.717) is 10.0 Å². The van der Waals surface area contributed by atoms with Crippen LogP contribution in [0.4, 0.5) is 5.69 Å². The van der Waals surface area contributed by atoms with Gasteiger partial charge in [0.1, 0.15) is 0 Å². The largest absolute Gasteiger partial charge is 0.387 e. The summed E-state index contributed by atoms with van der Waals surface area (Å²) < 4.78 is 0.348. The fourth-order valence-electron chi connectivity index (χ4n) is 1.08. The van der Waals surface area contributed by atoms with E-state index in [-0.39, 0.29) is 12.1 Å². The molecule has 5 nitrogen and oxygen atoms in total. The van der Waals surface area contributed by atoms with Crippen molar-refractivity contribution in [3.63, 3.8) is 0 Å². The molecule has 0 aliphatic heterocycles. The predicted molar refractivity (Wildman–Crippen MR) is 56.0 cm³/mol. The maximum atomic E-state index is 10.6. The zero-order valence-corrected chi connectivity index (χ0v) is 9.14. The third kappa shape index (κ3) is 2.75. The maximum Gasteiger partial charge on any atom is 0.283 e. The van der Waals surface area contributed by atoms with Crippen LogP contribution in [0.2, 0.25) is 0 Å². The van der Waals surface area contributed by atoms with Gasteiger partial charge in [0.05, 0.1) is 28.0 Å². The molecule has 78 valence electrons. The molecule has 6 heteroatoms. The molecule has 1 rings (SSSR count). The van der Waals surface area contributed by atoms with E-state index in [4.69, 9.17) is 5.26 Å². The average molecular weight is 271 g/mol. The lowest BCUT2D eigenvalue weighted by atomic mass is 10.1. The number of halogens is 1. The van der Waals surface area contributed by atoms with Crippen LogP contribution in [0.15, 0.2) is 22.7 Å². The summed E-state index contributed by atoms with van der Waals surface area (Å²) in [6.45, 7) is 0. The average Bonchev–Trinajstić information content (AvgIpc) is 2.18. The van der Waals surface area contributed by atoms with Crippen LogP contribution in [0, 0.1) is 21.4 Å². The van der Waals surface area contributed by atoms with Crippen molar-refractivity contribution in [2.45, 2.75) is 12.5 Å². The van der Waals surface area contributed by atoms with Gasteiger partial charge < -0.3 is 5.11 Å². The van der Waals surface area contributed by atoms with Gasteiger partial charge >= 0.3 is 0 Å². The molecule has 0 bridgehead atoms. The van der Waals surface area contributed by atoms with Crippen LogP contribution in [0.5, 0.6) is 0 Å². The molecule has 1 unspecified atom stereocenters. The molecule has 0 saturated heterocycles. The zero-order valence-electron chi connectivity index (χ0n) is 7.55. The van der Waals surface area contributed by atoms with Gasteiger partial charge in [-0.1, -0.05) is 6.07 Å². The van der Waals surface area contributed by atoms with Gasteiger partial charge in [0, 0.05) is 6.07 Å². The number of aliphatic hydroxyl groups excluding tert-OH is 1. The standard InChI is InChI=1S/C9H7BrN2O3/c10-7-2-1-6(9(13)3-4-11)5-8(7)12(14)15/h1-2,5,9,13H,3H2. The molecule has 1 atom stereocenters. The molecule has 0 aliphatic rings. The highest BCUT2D eigenvalue weighted by Gasteiger charge is 2.15. The molecule has 15 heavy (non-hydrogen) atoms. The lowest BCUT2D eigenvalue weighted by Gasteiger charge is -2.06. The molecule has 1 N–H and O–H groups in total. The summed E-state index contributed by atoms with van der Waals surface area (Å²) >= 11 is 3.03. The molecule has 0 aromatic heterocycles. The van der Waals surface area contributed by atoms with Gasteiger partial charge in [0.25, 0.3) is 5.69 Å².